The number of carbonyl (C=O) groups is 2. The molecule has 2 aliphatic heterocycles. The number of anilines is 1. The Kier molecular flexibility index (Phi) is 8.09. The van der Waals surface area contributed by atoms with E-state index in [1.807, 2.05) is 78.8 Å². The predicted octanol–water partition coefficient (Wildman–Crippen LogP) is 2.96. The monoisotopic (exact) mass is 601 g/mol. The smallest absolute Gasteiger partial charge is 0.253 e. The maximum Gasteiger partial charge on any atom is 0.253 e. The molecular formula is C32H36ClN7O3. The lowest BCUT2D eigenvalue weighted by atomic mass is 9.84. The van der Waals surface area contributed by atoms with Gasteiger partial charge in [0.25, 0.3) is 5.91 Å². The fraction of sp³-hybridized carbons (Fsp3) is 0.375. The van der Waals surface area contributed by atoms with Gasteiger partial charge in [0, 0.05) is 63.0 Å². The quantitative estimate of drug-likeness (QED) is 0.350. The van der Waals surface area contributed by atoms with Crippen molar-refractivity contribution >= 4 is 34.7 Å². The van der Waals surface area contributed by atoms with Crippen molar-refractivity contribution in [3.63, 3.8) is 0 Å². The summed E-state index contributed by atoms with van der Waals surface area (Å²) in [6.45, 7) is 2.96. The van der Waals surface area contributed by atoms with E-state index in [9.17, 15) is 14.7 Å². The molecule has 1 unspecified atom stereocenters. The molecule has 0 saturated carbocycles. The summed E-state index contributed by atoms with van der Waals surface area (Å²) < 4.78 is 1.80. The van der Waals surface area contributed by atoms with Crippen LogP contribution in [0.2, 0.25) is 5.02 Å². The molecule has 2 N–H and O–H groups in total. The van der Waals surface area contributed by atoms with E-state index in [-0.39, 0.29) is 17.9 Å². The number of nitrogens with zero attached hydrogens (tertiary/aromatic N) is 6. The summed E-state index contributed by atoms with van der Waals surface area (Å²) in [6, 6.07) is 18.7. The molecule has 2 amide bonds. The Morgan fingerprint density at radius 1 is 1.02 bits per heavy atom. The Morgan fingerprint density at radius 2 is 1.74 bits per heavy atom. The fourth-order valence-corrected chi connectivity index (χ4v) is 6.19. The van der Waals surface area contributed by atoms with Gasteiger partial charge in [-0.2, -0.15) is 5.10 Å². The summed E-state index contributed by atoms with van der Waals surface area (Å²) in [4.78, 5) is 36.3. The second kappa shape index (κ2) is 11.9. The lowest BCUT2D eigenvalue weighted by molar-refractivity contribution is -0.127. The van der Waals surface area contributed by atoms with Crippen molar-refractivity contribution in [2.45, 2.75) is 30.9 Å². The van der Waals surface area contributed by atoms with Crippen LogP contribution in [0.25, 0.3) is 5.65 Å². The van der Waals surface area contributed by atoms with Gasteiger partial charge in [-0.1, -0.05) is 35.9 Å². The normalized spacial score (nSPS) is 19.0. The summed E-state index contributed by atoms with van der Waals surface area (Å²) in [5.74, 6) is 0.528. The van der Waals surface area contributed by atoms with Gasteiger partial charge < -0.3 is 20.2 Å². The first-order valence-corrected chi connectivity index (χ1v) is 15.0. The van der Waals surface area contributed by atoms with Crippen LogP contribution in [0.15, 0.2) is 66.9 Å². The van der Waals surface area contributed by atoms with Gasteiger partial charge in [0.2, 0.25) is 5.91 Å². The number of piperazine rings is 1. The summed E-state index contributed by atoms with van der Waals surface area (Å²) in [5.41, 5.74) is 3.38. The number of hydrogen-bond donors (Lipinski definition) is 2. The summed E-state index contributed by atoms with van der Waals surface area (Å²) in [7, 11) is 3.52. The third kappa shape index (κ3) is 5.95. The average Bonchev–Trinajstić information content (AvgIpc) is 3.44. The number of pyridine rings is 1. The van der Waals surface area contributed by atoms with Crippen LogP contribution in [0.1, 0.15) is 40.2 Å². The molecule has 6 rings (SSSR count). The Hall–Kier alpha value is -3.99. The first-order valence-electron chi connectivity index (χ1n) is 14.6. The third-order valence-corrected chi connectivity index (χ3v) is 9.00. The van der Waals surface area contributed by atoms with Gasteiger partial charge in [-0.25, -0.2) is 9.50 Å². The number of carbonyl (C=O) groups excluding carboxylic acids is 2. The highest BCUT2D eigenvalue weighted by Crippen LogP contribution is 2.36. The number of fused-ring (bicyclic) bond motifs is 1. The molecule has 0 bridgehead atoms. The maximum atomic E-state index is 13.2. The minimum absolute atomic E-state index is 0.0754. The Morgan fingerprint density at radius 3 is 2.44 bits per heavy atom. The molecule has 2 saturated heterocycles. The number of halogens is 1. The Labute approximate surface area is 255 Å². The largest absolute Gasteiger partial charge is 0.385 e. The molecule has 0 aliphatic carbocycles. The molecule has 2 aromatic heterocycles. The molecule has 4 heterocycles. The second-order valence-electron chi connectivity index (χ2n) is 11.5. The van der Waals surface area contributed by atoms with Gasteiger partial charge in [-0.05, 0) is 67.4 Å². The van der Waals surface area contributed by atoms with Gasteiger partial charge in [0.05, 0.1) is 11.3 Å². The third-order valence-electron chi connectivity index (χ3n) is 8.75. The van der Waals surface area contributed by atoms with E-state index in [2.05, 4.69) is 10.2 Å². The molecule has 43 heavy (non-hydrogen) atoms. The van der Waals surface area contributed by atoms with Crippen LogP contribution >= 0.6 is 11.6 Å². The van der Waals surface area contributed by atoms with Crippen LogP contribution in [-0.4, -0.2) is 94.2 Å². The number of aliphatic hydroxyl groups is 1. The topological polar surface area (TPSA) is 106 Å². The number of rotatable bonds is 6. The van der Waals surface area contributed by atoms with E-state index >= 15 is 0 Å². The van der Waals surface area contributed by atoms with E-state index in [0.717, 1.165) is 22.5 Å². The van der Waals surface area contributed by atoms with Crippen LogP contribution in [0.5, 0.6) is 0 Å². The van der Waals surface area contributed by atoms with Crippen molar-refractivity contribution in [1.29, 1.82) is 0 Å². The first kappa shape index (κ1) is 29.1. The second-order valence-corrected chi connectivity index (χ2v) is 11.9. The van der Waals surface area contributed by atoms with E-state index < -0.39 is 5.60 Å². The summed E-state index contributed by atoms with van der Waals surface area (Å²) in [6.07, 6.45) is 3.62. The number of benzene rings is 2. The van der Waals surface area contributed by atoms with Gasteiger partial charge in [-0.15, -0.1) is 0 Å². The number of nitrogens with one attached hydrogen (secondary N) is 1. The van der Waals surface area contributed by atoms with E-state index in [1.54, 1.807) is 16.5 Å². The zero-order valence-electron chi connectivity index (χ0n) is 24.4. The molecule has 224 valence electrons. The SMILES string of the molecule is CNC(=O)C1CN(C(=O)c2ccc(Cc3nc4c(N5CCC(O)(c6ccc(Cl)cc6)CC5)cccn4n3)cc2)CCN1C. The highest BCUT2D eigenvalue weighted by molar-refractivity contribution is 6.30. The van der Waals surface area contributed by atoms with Gasteiger partial charge in [0.1, 0.15) is 6.04 Å². The zero-order chi connectivity index (χ0) is 30.1. The molecule has 2 aromatic carbocycles. The molecule has 1 atom stereocenters. The lowest BCUT2D eigenvalue weighted by Gasteiger charge is -2.39. The van der Waals surface area contributed by atoms with Crippen molar-refractivity contribution in [3.8, 4) is 0 Å². The molecule has 2 aliphatic rings. The molecule has 10 nitrogen and oxygen atoms in total. The highest BCUT2D eigenvalue weighted by atomic mass is 35.5. The Balaban J connectivity index is 1.12. The van der Waals surface area contributed by atoms with Crippen LogP contribution in [-0.2, 0) is 16.8 Å². The molecule has 11 heteroatoms. The van der Waals surface area contributed by atoms with E-state index in [4.69, 9.17) is 21.7 Å². The number of piperidine rings is 1. The van der Waals surface area contributed by atoms with Crippen LogP contribution in [0.4, 0.5) is 5.69 Å². The van der Waals surface area contributed by atoms with Crippen molar-refractivity contribution in [3.05, 3.63) is 94.4 Å². The van der Waals surface area contributed by atoms with Gasteiger partial charge in [0.15, 0.2) is 11.5 Å². The van der Waals surface area contributed by atoms with E-state index in [0.29, 0.717) is 68.4 Å². The number of likely N-dealkylation sites (N-methyl/N-ethyl adjacent to an activating group) is 2. The number of aromatic nitrogens is 3. The molecule has 2 fully saturated rings. The standard InChI is InChI=1S/C32H36ClN7O3/c1-34-30(41)27-21-39(19-18-37(27)2)31(42)23-7-5-22(6-8-23)20-28-35-29-26(4-3-15-40(29)36-28)38-16-13-32(43,14-17-38)24-9-11-25(33)12-10-24/h3-12,15,27,43H,13-14,16-21H2,1-2H3,(H,34,41). The fourth-order valence-electron chi connectivity index (χ4n) is 6.06. The average molecular weight is 602 g/mol. The molecule has 0 spiro atoms. The maximum absolute atomic E-state index is 13.2. The first-order chi connectivity index (χ1) is 20.7. The Bertz CT molecular complexity index is 1610. The van der Waals surface area contributed by atoms with Crippen molar-refractivity contribution in [2.75, 3.05) is 51.7 Å². The molecule has 4 aromatic rings. The zero-order valence-corrected chi connectivity index (χ0v) is 25.2. The van der Waals surface area contributed by atoms with Crippen molar-refractivity contribution < 1.29 is 14.7 Å². The van der Waals surface area contributed by atoms with Crippen LogP contribution < -0.4 is 10.2 Å². The number of amides is 2. The van der Waals surface area contributed by atoms with E-state index in [1.165, 1.54) is 0 Å². The predicted molar refractivity (Wildman–Crippen MR) is 165 cm³/mol. The molecule has 0 radical (unpaired) electrons. The number of hydrogen-bond acceptors (Lipinski definition) is 7. The minimum atomic E-state index is -0.880. The van der Waals surface area contributed by atoms with Crippen molar-refractivity contribution in [2.24, 2.45) is 0 Å². The highest BCUT2D eigenvalue weighted by Gasteiger charge is 2.35. The molecular weight excluding hydrogens is 566 g/mol. The van der Waals surface area contributed by atoms with Crippen molar-refractivity contribution in [1.82, 2.24) is 29.7 Å². The van der Waals surface area contributed by atoms with Gasteiger partial charge in [-0.3, -0.25) is 14.5 Å². The van der Waals surface area contributed by atoms with Gasteiger partial charge >= 0.3 is 0 Å². The van der Waals surface area contributed by atoms with Crippen LogP contribution in [0, 0.1) is 0 Å². The summed E-state index contributed by atoms with van der Waals surface area (Å²) >= 11 is 6.04. The lowest BCUT2D eigenvalue weighted by Crippen LogP contribution is -2.58. The van der Waals surface area contributed by atoms with Crippen LogP contribution in [0.3, 0.4) is 0 Å². The minimum Gasteiger partial charge on any atom is -0.385 e. The summed E-state index contributed by atoms with van der Waals surface area (Å²) in [5, 5.41) is 19.4.